The quantitative estimate of drug-likeness (QED) is 0.883. The predicted octanol–water partition coefficient (Wildman–Crippen LogP) is 2.68. The molecule has 0 spiro atoms. The highest BCUT2D eigenvalue weighted by atomic mass is 19.1. The topological polar surface area (TPSA) is 47.3 Å². The number of hydrogen-bond donors (Lipinski definition) is 1. The molecule has 0 aliphatic carbocycles. The van der Waals surface area contributed by atoms with E-state index in [0.717, 1.165) is 24.4 Å². The van der Waals surface area contributed by atoms with Crippen LogP contribution in [0.15, 0.2) is 24.3 Å². The number of hydrogen-bond acceptors (Lipinski definition) is 3. The van der Waals surface area contributed by atoms with E-state index in [1.807, 2.05) is 24.6 Å². The van der Waals surface area contributed by atoms with Gasteiger partial charge in [0.05, 0.1) is 18.0 Å². The van der Waals surface area contributed by atoms with Crippen LogP contribution in [0.4, 0.5) is 4.39 Å². The Kier molecular flexibility index (Phi) is 4.74. The largest absolute Gasteiger partial charge is 0.484 e. The molecule has 1 N–H and O–H groups in total. The van der Waals surface area contributed by atoms with Gasteiger partial charge < -0.3 is 9.84 Å². The van der Waals surface area contributed by atoms with Crippen molar-refractivity contribution in [3.8, 4) is 5.75 Å². The van der Waals surface area contributed by atoms with Crippen LogP contribution in [0, 0.1) is 5.82 Å². The van der Waals surface area contributed by atoms with Gasteiger partial charge in [-0.3, -0.25) is 4.68 Å². The molecule has 0 atom stereocenters. The first kappa shape index (κ1) is 14.5. The van der Waals surface area contributed by atoms with Gasteiger partial charge >= 0.3 is 0 Å². The molecule has 0 aliphatic rings. The molecule has 20 heavy (non-hydrogen) atoms. The highest BCUT2D eigenvalue weighted by molar-refractivity contribution is 5.29. The minimum atomic E-state index is -0.463. The van der Waals surface area contributed by atoms with Crippen molar-refractivity contribution in [2.45, 2.75) is 40.0 Å². The molecule has 2 aromatic rings. The fraction of sp³-hybridized carbons (Fsp3) is 0.400. The number of ether oxygens (including phenoxy) is 1. The van der Waals surface area contributed by atoms with E-state index in [1.165, 1.54) is 12.1 Å². The summed E-state index contributed by atoms with van der Waals surface area (Å²) in [7, 11) is 0. The van der Waals surface area contributed by atoms with Crippen molar-refractivity contribution >= 4 is 0 Å². The summed E-state index contributed by atoms with van der Waals surface area (Å²) in [5.74, 6) is -0.279. The minimum absolute atomic E-state index is 0.181. The fourth-order valence-electron chi connectivity index (χ4n) is 1.99. The molecule has 0 radical (unpaired) electrons. The van der Waals surface area contributed by atoms with Crippen LogP contribution in [-0.4, -0.2) is 14.9 Å². The van der Waals surface area contributed by atoms with Gasteiger partial charge in [-0.1, -0.05) is 13.0 Å². The first-order valence-electron chi connectivity index (χ1n) is 6.75. The lowest BCUT2D eigenvalue weighted by atomic mass is 10.2. The van der Waals surface area contributed by atoms with Gasteiger partial charge in [-0.05, 0) is 37.1 Å². The first-order valence-corrected chi connectivity index (χ1v) is 6.75. The molecule has 1 aromatic carbocycles. The molecular formula is C15H19FN2O2. The summed E-state index contributed by atoms with van der Waals surface area (Å²) in [6.07, 6.45) is 0.861. The maximum absolute atomic E-state index is 13.7. The van der Waals surface area contributed by atoms with Crippen LogP contribution in [0.5, 0.6) is 5.75 Å². The smallest absolute Gasteiger partial charge is 0.165 e. The van der Waals surface area contributed by atoms with E-state index in [2.05, 4.69) is 5.10 Å². The number of rotatable bonds is 6. The van der Waals surface area contributed by atoms with Crippen molar-refractivity contribution in [2.24, 2.45) is 0 Å². The minimum Gasteiger partial charge on any atom is -0.484 e. The zero-order valence-corrected chi connectivity index (χ0v) is 11.8. The van der Waals surface area contributed by atoms with E-state index in [-0.39, 0.29) is 19.0 Å². The number of aryl methyl sites for hydroxylation is 2. The lowest BCUT2D eigenvalue weighted by Crippen LogP contribution is -2.06. The van der Waals surface area contributed by atoms with Gasteiger partial charge in [0.15, 0.2) is 11.6 Å². The molecule has 1 aromatic heterocycles. The maximum Gasteiger partial charge on any atom is 0.165 e. The highest BCUT2D eigenvalue weighted by Crippen LogP contribution is 2.20. The van der Waals surface area contributed by atoms with Crippen molar-refractivity contribution in [3.63, 3.8) is 0 Å². The molecule has 5 heteroatoms. The highest BCUT2D eigenvalue weighted by Gasteiger charge is 2.09. The molecule has 0 unspecified atom stereocenters. The summed E-state index contributed by atoms with van der Waals surface area (Å²) < 4.78 is 21.1. The zero-order valence-electron chi connectivity index (χ0n) is 11.8. The Balaban J connectivity index is 2.10. The Morgan fingerprint density at radius 3 is 2.70 bits per heavy atom. The van der Waals surface area contributed by atoms with Crippen LogP contribution in [0.2, 0.25) is 0 Å². The summed E-state index contributed by atoms with van der Waals surface area (Å²) >= 11 is 0. The Hall–Kier alpha value is -1.88. The van der Waals surface area contributed by atoms with Crippen LogP contribution in [0.1, 0.15) is 30.8 Å². The van der Waals surface area contributed by atoms with Crippen LogP contribution in [0.3, 0.4) is 0 Å². The summed E-state index contributed by atoms with van der Waals surface area (Å²) in [6.45, 7) is 4.90. The lowest BCUT2D eigenvalue weighted by Gasteiger charge is -2.09. The molecule has 1 heterocycles. The molecule has 2 rings (SSSR count). The summed E-state index contributed by atoms with van der Waals surface area (Å²) in [6, 6.07) is 6.44. The fourth-order valence-corrected chi connectivity index (χ4v) is 1.99. The van der Waals surface area contributed by atoms with Gasteiger partial charge in [-0.25, -0.2) is 4.39 Å². The second-order valence-electron chi connectivity index (χ2n) is 4.51. The van der Waals surface area contributed by atoms with E-state index < -0.39 is 5.82 Å². The third kappa shape index (κ3) is 3.17. The van der Waals surface area contributed by atoms with Crippen molar-refractivity contribution in [1.82, 2.24) is 9.78 Å². The molecule has 0 saturated carbocycles. The summed E-state index contributed by atoms with van der Waals surface area (Å²) in [4.78, 5) is 0. The van der Waals surface area contributed by atoms with Crippen molar-refractivity contribution in [1.29, 1.82) is 0 Å². The number of aromatic nitrogens is 2. The standard InChI is InChI=1S/C15H19FN2O2/c1-3-12-8-13(18(4-2)17-12)10-20-15-6-5-11(9-19)7-14(15)16/h5-8,19H,3-4,9-10H2,1-2H3. The zero-order chi connectivity index (χ0) is 14.5. The second-order valence-corrected chi connectivity index (χ2v) is 4.51. The Labute approximate surface area is 117 Å². The lowest BCUT2D eigenvalue weighted by molar-refractivity contribution is 0.272. The third-order valence-corrected chi connectivity index (χ3v) is 3.13. The van der Waals surface area contributed by atoms with E-state index in [4.69, 9.17) is 9.84 Å². The maximum atomic E-state index is 13.7. The second kappa shape index (κ2) is 6.52. The van der Waals surface area contributed by atoms with Crippen LogP contribution in [-0.2, 0) is 26.2 Å². The normalized spacial score (nSPS) is 10.8. The Morgan fingerprint density at radius 2 is 2.10 bits per heavy atom. The van der Waals surface area contributed by atoms with Crippen LogP contribution < -0.4 is 4.74 Å². The average Bonchev–Trinajstić information content (AvgIpc) is 2.88. The van der Waals surface area contributed by atoms with Gasteiger partial charge in [-0.15, -0.1) is 0 Å². The number of benzene rings is 1. The van der Waals surface area contributed by atoms with Crippen LogP contribution in [0.25, 0.3) is 0 Å². The number of halogens is 1. The molecule has 0 bridgehead atoms. The first-order chi connectivity index (χ1) is 9.67. The Morgan fingerprint density at radius 1 is 1.30 bits per heavy atom. The molecule has 0 saturated heterocycles. The molecular weight excluding hydrogens is 259 g/mol. The molecule has 0 fully saturated rings. The van der Waals surface area contributed by atoms with E-state index >= 15 is 0 Å². The third-order valence-electron chi connectivity index (χ3n) is 3.13. The van der Waals surface area contributed by atoms with E-state index in [1.54, 1.807) is 6.07 Å². The molecule has 108 valence electrons. The monoisotopic (exact) mass is 278 g/mol. The SMILES string of the molecule is CCc1cc(COc2ccc(CO)cc2F)n(CC)n1. The number of aliphatic hydroxyl groups is 1. The van der Waals surface area contributed by atoms with Gasteiger partial charge in [-0.2, -0.15) is 5.10 Å². The van der Waals surface area contributed by atoms with Gasteiger partial charge in [0.1, 0.15) is 6.61 Å². The van der Waals surface area contributed by atoms with E-state index in [9.17, 15) is 4.39 Å². The van der Waals surface area contributed by atoms with Crippen molar-refractivity contribution < 1.29 is 14.2 Å². The van der Waals surface area contributed by atoms with Gasteiger partial charge in [0, 0.05) is 6.54 Å². The molecule has 0 aliphatic heterocycles. The average molecular weight is 278 g/mol. The predicted molar refractivity (Wildman–Crippen MR) is 73.9 cm³/mol. The van der Waals surface area contributed by atoms with Crippen molar-refractivity contribution in [3.05, 3.63) is 47.0 Å². The summed E-state index contributed by atoms with van der Waals surface area (Å²) in [5.41, 5.74) is 2.46. The summed E-state index contributed by atoms with van der Waals surface area (Å²) in [5, 5.41) is 13.4. The number of aliphatic hydroxyl groups excluding tert-OH is 1. The van der Waals surface area contributed by atoms with Crippen molar-refractivity contribution in [2.75, 3.05) is 0 Å². The van der Waals surface area contributed by atoms with E-state index in [0.29, 0.717) is 5.56 Å². The van der Waals surface area contributed by atoms with Gasteiger partial charge in [0.25, 0.3) is 0 Å². The number of nitrogens with zero attached hydrogens (tertiary/aromatic N) is 2. The molecule has 4 nitrogen and oxygen atoms in total. The van der Waals surface area contributed by atoms with Crippen LogP contribution >= 0.6 is 0 Å². The van der Waals surface area contributed by atoms with Gasteiger partial charge in [0.2, 0.25) is 0 Å². The molecule has 0 amide bonds. The Bertz CT molecular complexity index is 581.